The second kappa shape index (κ2) is 11.0. The number of hydrogen-bond acceptors (Lipinski definition) is 4. The largest absolute Gasteiger partial charge is 0.369 e. The maximum absolute atomic E-state index is 12.9. The number of nitrogens with two attached hydrogens (primary N) is 1. The number of primary amides is 1. The van der Waals surface area contributed by atoms with Gasteiger partial charge in [-0.3, -0.25) is 14.4 Å². The van der Waals surface area contributed by atoms with Gasteiger partial charge in [-0.15, -0.1) is 0 Å². The molecule has 0 aromatic heterocycles. The maximum Gasteiger partial charge on any atom is 0.229 e. The fourth-order valence-electron chi connectivity index (χ4n) is 4.91. The van der Waals surface area contributed by atoms with E-state index >= 15 is 0 Å². The van der Waals surface area contributed by atoms with Crippen molar-refractivity contribution in [2.24, 2.45) is 17.6 Å². The number of piperidine rings is 1. The second-order valence-electron chi connectivity index (χ2n) is 10.1. The molecule has 2 heterocycles. The van der Waals surface area contributed by atoms with Crippen LogP contribution in [0, 0.1) is 11.8 Å². The van der Waals surface area contributed by atoms with E-state index in [2.05, 4.69) is 30.1 Å². The van der Waals surface area contributed by atoms with Crippen LogP contribution in [0.2, 0.25) is 0 Å². The van der Waals surface area contributed by atoms with Crippen molar-refractivity contribution in [3.05, 3.63) is 59.7 Å². The molecule has 186 valence electrons. The van der Waals surface area contributed by atoms with Crippen LogP contribution >= 0.6 is 0 Å². The summed E-state index contributed by atoms with van der Waals surface area (Å²) < 4.78 is 0. The molecule has 3 amide bonds. The molecule has 3 N–H and O–H groups in total. The first-order chi connectivity index (χ1) is 16.8. The number of benzene rings is 2. The van der Waals surface area contributed by atoms with Crippen LogP contribution in [0.4, 0.5) is 11.4 Å². The highest BCUT2D eigenvalue weighted by Crippen LogP contribution is 2.28. The molecule has 0 saturated carbocycles. The van der Waals surface area contributed by atoms with E-state index < -0.39 is 0 Å². The van der Waals surface area contributed by atoms with Crippen molar-refractivity contribution in [2.75, 3.05) is 36.4 Å². The predicted octanol–water partition coefficient (Wildman–Crippen LogP) is 3.54. The Kier molecular flexibility index (Phi) is 7.86. The maximum atomic E-state index is 12.9. The number of amides is 3. The van der Waals surface area contributed by atoms with E-state index in [0.29, 0.717) is 12.5 Å². The van der Waals surface area contributed by atoms with Gasteiger partial charge in [0.25, 0.3) is 0 Å². The molecule has 0 bridgehead atoms. The monoisotopic (exact) mass is 476 g/mol. The lowest BCUT2D eigenvalue weighted by Gasteiger charge is -2.30. The minimum absolute atomic E-state index is 0.0127. The fraction of sp³-hybridized carbons (Fsp3) is 0.464. The van der Waals surface area contributed by atoms with Gasteiger partial charge in [-0.2, -0.15) is 0 Å². The summed E-state index contributed by atoms with van der Waals surface area (Å²) in [4.78, 5) is 40.9. The summed E-state index contributed by atoms with van der Waals surface area (Å²) >= 11 is 0. The Balaban J connectivity index is 1.27. The van der Waals surface area contributed by atoms with Crippen molar-refractivity contribution in [3.8, 4) is 0 Å². The molecule has 7 nitrogen and oxygen atoms in total. The summed E-state index contributed by atoms with van der Waals surface area (Å²) in [6, 6.07) is 15.9. The van der Waals surface area contributed by atoms with E-state index in [1.807, 2.05) is 42.5 Å². The smallest absolute Gasteiger partial charge is 0.229 e. The molecule has 4 rings (SSSR count). The van der Waals surface area contributed by atoms with E-state index in [0.717, 1.165) is 50.3 Å². The molecule has 0 radical (unpaired) electrons. The number of hydrogen-bond donors (Lipinski definition) is 2. The van der Waals surface area contributed by atoms with E-state index in [4.69, 9.17) is 5.73 Å². The summed E-state index contributed by atoms with van der Waals surface area (Å²) in [5.74, 6) is -0.289. The van der Waals surface area contributed by atoms with E-state index in [1.54, 1.807) is 4.90 Å². The Bertz CT molecular complexity index is 1060. The highest BCUT2D eigenvalue weighted by Gasteiger charge is 2.35. The molecular formula is C28H36N4O3. The first-order valence-electron chi connectivity index (χ1n) is 12.6. The SMILES string of the molecule is CC(C)c1cccc(N2CC(C(=O)Nc3ccc(CCN4CCC(C(N)=O)CC4)cc3)CC2=O)c1. The molecule has 7 heteroatoms. The number of carbonyl (C=O) groups excluding carboxylic acids is 3. The normalized spacial score (nSPS) is 19.3. The molecule has 2 saturated heterocycles. The molecule has 2 aromatic carbocycles. The van der Waals surface area contributed by atoms with Crippen molar-refractivity contribution in [1.29, 1.82) is 0 Å². The van der Waals surface area contributed by atoms with Gasteiger partial charge < -0.3 is 20.9 Å². The van der Waals surface area contributed by atoms with Gasteiger partial charge in [-0.25, -0.2) is 0 Å². The summed E-state index contributed by atoms with van der Waals surface area (Å²) in [6.07, 6.45) is 2.81. The van der Waals surface area contributed by atoms with Crippen LogP contribution in [-0.2, 0) is 20.8 Å². The molecule has 0 spiro atoms. The average Bonchev–Trinajstić information content (AvgIpc) is 3.25. The molecule has 1 atom stereocenters. The third-order valence-corrected chi connectivity index (χ3v) is 7.27. The third-order valence-electron chi connectivity index (χ3n) is 7.27. The molecule has 0 aliphatic carbocycles. The fourth-order valence-corrected chi connectivity index (χ4v) is 4.91. The molecule has 2 aliphatic rings. The second-order valence-corrected chi connectivity index (χ2v) is 10.1. The van der Waals surface area contributed by atoms with Crippen LogP contribution in [-0.4, -0.2) is 48.8 Å². The summed E-state index contributed by atoms with van der Waals surface area (Å²) in [5, 5.41) is 2.98. The number of anilines is 2. The van der Waals surface area contributed by atoms with Gasteiger partial charge in [0.15, 0.2) is 0 Å². The number of nitrogens with one attached hydrogen (secondary N) is 1. The topological polar surface area (TPSA) is 95.7 Å². The molecule has 2 aliphatic heterocycles. The number of carbonyl (C=O) groups is 3. The Morgan fingerprint density at radius 3 is 2.43 bits per heavy atom. The highest BCUT2D eigenvalue weighted by atomic mass is 16.2. The van der Waals surface area contributed by atoms with E-state index in [-0.39, 0.29) is 36.0 Å². The molecule has 1 unspecified atom stereocenters. The van der Waals surface area contributed by atoms with Gasteiger partial charge in [0.1, 0.15) is 0 Å². The number of nitrogens with zero attached hydrogens (tertiary/aromatic N) is 2. The van der Waals surface area contributed by atoms with E-state index in [1.165, 1.54) is 11.1 Å². The molecule has 2 aromatic rings. The Morgan fingerprint density at radius 1 is 1.06 bits per heavy atom. The van der Waals surface area contributed by atoms with Crippen molar-refractivity contribution in [3.63, 3.8) is 0 Å². The van der Waals surface area contributed by atoms with Crippen LogP contribution in [0.5, 0.6) is 0 Å². The first-order valence-corrected chi connectivity index (χ1v) is 12.6. The lowest BCUT2D eigenvalue weighted by molar-refractivity contribution is -0.123. The zero-order valence-corrected chi connectivity index (χ0v) is 20.7. The third kappa shape index (κ3) is 6.28. The van der Waals surface area contributed by atoms with Crippen LogP contribution in [0.1, 0.15) is 50.2 Å². The summed E-state index contributed by atoms with van der Waals surface area (Å²) in [6.45, 7) is 7.40. The molecule has 2 fully saturated rings. The van der Waals surface area contributed by atoms with Crippen molar-refractivity contribution >= 4 is 29.1 Å². The first kappa shape index (κ1) is 24.9. The van der Waals surface area contributed by atoms with Gasteiger partial charge in [0.2, 0.25) is 17.7 Å². The molecular weight excluding hydrogens is 440 g/mol. The van der Waals surface area contributed by atoms with Crippen LogP contribution in [0.3, 0.4) is 0 Å². The lowest BCUT2D eigenvalue weighted by atomic mass is 9.96. The van der Waals surface area contributed by atoms with Crippen molar-refractivity contribution in [1.82, 2.24) is 4.90 Å². The van der Waals surface area contributed by atoms with Gasteiger partial charge in [0, 0.05) is 36.8 Å². The van der Waals surface area contributed by atoms with Gasteiger partial charge in [-0.05, 0) is 73.7 Å². The predicted molar refractivity (Wildman–Crippen MR) is 138 cm³/mol. The number of likely N-dealkylation sites (tertiary alicyclic amines) is 1. The quantitative estimate of drug-likeness (QED) is 0.609. The van der Waals surface area contributed by atoms with Crippen LogP contribution in [0.25, 0.3) is 0 Å². The Labute approximate surface area is 207 Å². The molecule has 35 heavy (non-hydrogen) atoms. The van der Waals surface area contributed by atoms with Crippen LogP contribution < -0.4 is 16.0 Å². The van der Waals surface area contributed by atoms with E-state index in [9.17, 15) is 14.4 Å². The average molecular weight is 477 g/mol. The Hall–Kier alpha value is -3.19. The van der Waals surface area contributed by atoms with Crippen LogP contribution in [0.15, 0.2) is 48.5 Å². The van der Waals surface area contributed by atoms with Crippen molar-refractivity contribution < 1.29 is 14.4 Å². The van der Waals surface area contributed by atoms with Gasteiger partial charge in [-0.1, -0.05) is 38.1 Å². The minimum atomic E-state index is -0.367. The highest BCUT2D eigenvalue weighted by molar-refractivity contribution is 6.03. The number of rotatable bonds is 8. The van der Waals surface area contributed by atoms with Crippen molar-refractivity contribution in [2.45, 2.75) is 45.4 Å². The standard InChI is InChI=1S/C28H36N4O3/c1-19(2)22-4-3-5-25(16-22)32-18-23(17-26(32)33)28(35)30-24-8-6-20(7-9-24)10-13-31-14-11-21(12-15-31)27(29)34/h3-9,16,19,21,23H,10-15,17-18H2,1-2H3,(H2,29,34)(H,30,35). The van der Waals surface area contributed by atoms with Gasteiger partial charge >= 0.3 is 0 Å². The zero-order chi connectivity index (χ0) is 24.9. The Morgan fingerprint density at radius 2 is 1.77 bits per heavy atom. The summed E-state index contributed by atoms with van der Waals surface area (Å²) in [7, 11) is 0. The minimum Gasteiger partial charge on any atom is -0.369 e. The summed E-state index contributed by atoms with van der Waals surface area (Å²) in [5.41, 5.74) is 9.40. The van der Waals surface area contributed by atoms with Gasteiger partial charge in [0.05, 0.1) is 5.92 Å². The lowest BCUT2D eigenvalue weighted by Crippen LogP contribution is -2.39. The zero-order valence-electron chi connectivity index (χ0n) is 20.7.